The molecule has 0 saturated heterocycles. The highest BCUT2D eigenvalue weighted by molar-refractivity contribution is 8.00. The summed E-state index contributed by atoms with van der Waals surface area (Å²) in [7, 11) is 3.20. The Morgan fingerprint density at radius 1 is 1.35 bits per heavy atom. The van der Waals surface area contributed by atoms with Crippen molar-refractivity contribution >= 4 is 23.4 Å². The zero-order valence-corrected chi connectivity index (χ0v) is 12.6. The summed E-state index contributed by atoms with van der Waals surface area (Å²) >= 11 is 5.82. The Bertz CT molecular complexity index is 443. The van der Waals surface area contributed by atoms with Crippen LogP contribution in [-0.2, 0) is 6.54 Å². The predicted octanol–water partition coefficient (Wildman–Crippen LogP) is 3.70. The number of hydrogen-bond donors (Lipinski definition) is 1. The van der Waals surface area contributed by atoms with Crippen LogP contribution < -0.4 is 14.8 Å². The van der Waals surface area contributed by atoms with Gasteiger partial charge in [-0.2, -0.15) is 13.2 Å². The first-order valence-corrected chi connectivity index (χ1v) is 7.08. The zero-order valence-electron chi connectivity index (χ0n) is 11.0. The minimum Gasteiger partial charge on any atom is -0.493 e. The molecular weight excluding hydrogens is 315 g/mol. The minimum absolute atomic E-state index is 0.0706. The van der Waals surface area contributed by atoms with E-state index in [1.54, 1.807) is 19.2 Å². The third-order valence-corrected chi connectivity index (χ3v) is 3.20. The van der Waals surface area contributed by atoms with E-state index in [-0.39, 0.29) is 24.1 Å². The van der Waals surface area contributed by atoms with Gasteiger partial charge in [-0.1, -0.05) is 11.6 Å². The van der Waals surface area contributed by atoms with Crippen molar-refractivity contribution in [2.45, 2.75) is 12.1 Å². The standard InChI is InChI=1S/C12H15ClF3NO2S/c1-17-7-8-5-9(13)6-10(18-2)11(8)19-3-4-20-12(14,15)16/h5-6,17H,3-4,7H2,1-2H3. The number of ether oxygens (including phenoxy) is 2. The van der Waals surface area contributed by atoms with Crippen LogP contribution in [0.3, 0.4) is 0 Å². The van der Waals surface area contributed by atoms with Crippen LogP contribution in [0.4, 0.5) is 13.2 Å². The fraction of sp³-hybridized carbons (Fsp3) is 0.500. The van der Waals surface area contributed by atoms with Gasteiger partial charge < -0.3 is 14.8 Å². The second-order valence-electron chi connectivity index (χ2n) is 3.77. The molecule has 1 aromatic carbocycles. The van der Waals surface area contributed by atoms with Gasteiger partial charge in [-0.25, -0.2) is 0 Å². The molecule has 20 heavy (non-hydrogen) atoms. The monoisotopic (exact) mass is 329 g/mol. The first-order chi connectivity index (χ1) is 9.37. The van der Waals surface area contributed by atoms with Crippen LogP contribution in [-0.4, -0.2) is 32.0 Å². The smallest absolute Gasteiger partial charge is 0.441 e. The summed E-state index contributed by atoms with van der Waals surface area (Å²) < 4.78 is 46.7. The normalized spacial score (nSPS) is 11.5. The van der Waals surface area contributed by atoms with Crippen molar-refractivity contribution in [1.82, 2.24) is 5.32 Å². The van der Waals surface area contributed by atoms with Crippen LogP contribution in [0.15, 0.2) is 12.1 Å². The first-order valence-electron chi connectivity index (χ1n) is 5.72. The van der Waals surface area contributed by atoms with E-state index < -0.39 is 5.51 Å². The summed E-state index contributed by atoms with van der Waals surface area (Å²) in [5, 5.41) is 3.41. The van der Waals surface area contributed by atoms with E-state index in [0.717, 1.165) is 5.56 Å². The largest absolute Gasteiger partial charge is 0.493 e. The summed E-state index contributed by atoms with van der Waals surface area (Å²) in [6.07, 6.45) is 0. The van der Waals surface area contributed by atoms with Gasteiger partial charge in [0.15, 0.2) is 11.5 Å². The molecule has 0 radical (unpaired) electrons. The van der Waals surface area contributed by atoms with Crippen LogP contribution >= 0.6 is 23.4 Å². The van der Waals surface area contributed by atoms with Crippen molar-refractivity contribution in [3.8, 4) is 11.5 Å². The molecule has 114 valence electrons. The molecule has 1 N–H and O–H groups in total. The molecule has 1 rings (SSSR count). The lowest BCUT2D eigenvalue weighted by molar-refractivity contribution is -0.0329. The maximum atomic E-state index is 12.0. The van der Waals surface area contributed by atoms with Gasteiger partial charge in [0.1, 0.15) is 0 Å². The van der Waals surface area contributed by atoms with Crippen molar-refractivity contribution in [3.05, 3.63) is 22.7 Å². The molecule has 0 aliphatic rings. The zero-order chi connectivity index (χ0) is 15.2. The van der Waals surface area contributed by atoms with Crippen molar-refractivity contribution in [2.75, 3.05) is 26.5 Å². The van der Waals surface area contributed by atoms with Gasteiger partial charge in [-0.15, -0.1) is 0 Å². The molecule has 0 atom stereocenters. The molecule has 8 heteroatoms. The Balaban J connectivity index is 2.76. The van der Waals surface area contributed by atoms with E-state index in [0.29, 0.717) is 23.1 Å². The Kier molecular flexibility index (Phi) is 6.78. The van der Waals surface area contributed by atoms with E-state index in [1.165, 1.54) is 7.11 Å². The molecule has 0 unspecified atom stereocenters. The molecule has 1 aromatic rings. The third kappa shape index (κ3) is 5.68. The predicted molar refractivity (Wildman–Crippen MR) is 74.8 cm³/mol. The van der Waals surface area contributed by atoms with Crippen LogP contribution in [0.1, 0.15) is 5.56 Å². The molecule has 0 fully saturated rings. The van der Waals surface area contributed by atoms with Gasteiger partial charge in [0.05, 0.1) is 13.7 Å². The van der Waals surface area contributed by atoms with Crippen LogP contribution in [0.2, 0.25) is 5.02 Å². The summed E-state index contributed by atoms with van der Waals surface area (Å²) in [6, 6.07) is 3.25. The molecule has 0 heterocycles. The Hall–Kier alpha value is -0.790. The number of alkyl halides is 3. The molecule has 0 aliphatic heterocycles. The summed E-state index contributed by atoms with van der Waals surface area (Å²) in [5.74, 6) is 0.627. The number of halogens is 4. The van der Waals surface area contributed by atoms with Gasteiger partial charge >= 0.3 is 5.51 Å². The summed E-state index contributed by atoms with van der Waals surface area (Å²) in [4.78, 5) is 0. The van der Waals surface area contributed by atoms with Crippen molar-refractivity contribution < 1.29 is 22.6 Å². The van der Waals surface area contributed by atoms with Crippen LogP contribution in [0, 0.1) is 0 Å². The van der Waals surface area contributed by atoms with E-state index in [4.69, 9.17) is 21.1 Å². The Labute approximate surface area is 124 Å². The number of nitrogens with one attached hydrogen (secondary N) is 1. The lowest BCUT2D eigenvalue weighted by Gasteiger charge is -2.16. The Morgan fingerprint density at radius 3 is 2.60 bits per heavy atom. The number of hydrogen-bond acceptors (Lipinski definition) is 4. The maximum absolute atomic E-state index is 12.0. The SMILES string of the molecule is CNCc1cc(Cl)cc(OC)c1OCCSC(F)(F)F. The van der Waals surface area contributed by atoms with Gasteiger partial charge in [-0.05, 0) is 24.9 Å². The van der Waals surface area contributed by atoms with E-state index >= 15 is 0 Å². The molecule has 0 bridgehead atoms. The van der Waals surface area contributed by atoms with Gasteiger partial charge in [0, 0.05) is 29.0 Å². The molecule has 0 aliphatic carbocycles. The van der Waals surface area contributed by atoms with Crippen LogP contribution in [0.5, 0.6) is 11.5 Å². The number of methoxy groups -OCH3 is 1. The summed E-state index contributed by atoms with van der Waals surface area (Å²) in [5.41, 5.74) is -3.52. The molecule has 3 nitrogen and oxygen atoms in total. The highest BCUT2D eigenvalue weighted by Gasteiger charge is 2.27. The summed E-state index contributed by atoms with van der Waals surface area (Å²) in [6.45, 7) is 0.400. The fourth-order valence-corrected chi connectivity index (χ4v) is 2.19. The fourth-order valence-electron chi connectivity index (χ4n) is 1.56. The van der Waals surface area contributed by atoms with E-state index in [2.05, 4.69) is 5.32 Å². The van der Waals surface area contributed by atoms with E-state index in [9.17, 15) is 13.2 Å². The van der Waals surface area contributed by atoms with Crippen molar-refractivity contribution in [2.24, 2.45) is 0 Å². The lowest BCUT2D eigenvalue weighted by atomic mass is 10.2. The van der Waals surface area contributed by atoms with Crippen molar-refractivity contribution in [1.29, 1.82) is 0 Å². The molecule has 0 aromatic heterocycles. The topological polar surface area (TPSA) is 30.5 Å². The first kappa shape index (κ1) is 17.3. The third-order valence-electron chi connectivity index (χ3n) is 2.28. The number of thioether (sulfide) groups is 1. The lowest BCUT2D eigenvalue weighted by Crippen LogP contribution is -2.11. The van der Waals surface area contributed by atoms with Crippen molar-refractivity contribution in [3.63, 3.8) is 0 Å². The molecule has 0 saturated carbocycles. The second-order valence-corrected chi connectivity index (χ2v) is 5.37. The van der Waals surface area contributed by atoms with Crippen LogP contribution in [0.25, 0.3) is 0 Å². The molecule has 0 amide bonds. The van der Waals surface area contributed by atoms with Gasteiger partial charge in [0.2, 0.25) is 0 Å². The highest BCUT2D eigenvalue weighted by Crippen LogP contribution is 2.35. The minimum atomic E-state index is -4.25. The average Bonchev–Trinajstić information content (AvgIpc) is 2.35. The van der Waals surface area contributed by atoms with Gasteiger partial charge in [0.25, 0.3) is 0 Å². The molecule has 0 spiro atoms. The quantitative estimate of drug-likeness (QED) is 0.773. The maximum Gasteiger partial charge on any atom is 0.441 e. The second kappa shape index (κ2) is 7.85. The average molecular weight is 330 g/mol. The molecular formula is C12H15ClF3NO2S. The number of benzene rings is 1. The Morgan fingerprint density at radius 2 is 2.05 bits per heavy atom. The van der Waals surface area contributed by atoms with E-state index in [1.807, 2.05) is 0 Å². The highest BCUT2D eigenvalue weighted by atomic mass is 35.5. The van der Waals surface area contributed by atoms with Gasteiger partial charge in [-0.3, -0.25) is 0 Å². The number of rotatable bonds is 7.